The summed E-state index contributed by atoms with van der Waals surface area (Å²) in [5, 5.41) is 14.1. The molecule has 10 nitrogen and oxygen atoms in total. The second-order valence-corrected chi connectivity index (χ2v) is 4.42. The number of hydrogen-bond donors (Lipinski definition) is 3. The number of rotatable bonds is 7. The molecule has 23 heavy (non-hydrogen) atoms. The van der Waals surface area contributed by atoms with Crippen molar-refractivity contribution in [2.24, 2.45) is 0 Å². The van der Waals surface area contributed by atoms with Crippen LogP contribution in [0.3, 0.4) is 0 Å². The van der Waals surface area contributed by atoms with Gasteiger partial charge in [-0.3, -0.25) is 30.7 Å². The molecule has 0 saturated carbocycles. The molecular weight excluding hydrogens is 302 g/mol. The average molecular weight is 317 g/mol. The zero-order valence-electron chi connectivity index (χ0n) is 12.3. The Morgan fingerprint density at radius 3 is 2.61 bits per heavy atom. The maximum absolute atomic E-state index is 11.9. The molecule has 0 unspecified atom stereocenters. The standard InChI is InChI=1S/C13H15N7O3/c1-2-5-15-11-10(20(22)23)12(17-8-16-11)18-19-13(21)9-3-6-14-7-4-9/h3-4,6-8H,2,5H2,1H3,(H,19,21)(H2,15,16,17,18). The number of aromatic nitrogens is 3. The summed E-state index contributed by atoms with van der Waals surface area (Å²) < 4.78 is 0. The molecule has 2 heterocycles. The van der Waals surface area contributed by atoms with E-state index in [9.17, 15) is 14.9 Å². The molecule has 0 aliphatic carbocycles. The average Bonchev–Trinajstić information content (AvgIpc) is 2.58. The summed E-state index contributed by atoms with van der Waals surface area (Å²) in [5.74, 6) is -0.484. The molecule has 0 bridgehead atoms. The van der Waals surface area contributed by atoms with E-state index in [0.717, 1.165) is 6.42 Å². The number of nitro groups is 1. The molecule has 2 aromatic heterocycles. The van der Waals surface area contributed by atoms with E-state index in [4.69, 9.17) is 0 Å². The number of anilines is 2. The fourth-order valence-corrected chi connectivity index (χ4v) is 1.71. The van der Waals surface area contributed by atoms with Crippen LogP contribution in [0.5, 0.6) is 0 Å². The number of hydrogen-bond acceptors (Lipinski definition) is 8. The Morgan fingerprint density at radius 1 is 1.26 bits per heavy atom. The topological polar surface area (TPSA) is 135 Å². The number of amides is 1. The molecule has 0 atom stereocenters. The number of nitrogens with one attached hydrogen (secondary N) is 3. The van der Waals surface area contributed by atoms with E-state index >= 15 is 0 Å². The highest BCUT2D eigenvalue weighted by Crippen LogP contribution is 2.28. The lowest BCUT2D eigenvalue weighted by Crippen LogP contribution is -2.30. The smallest absolute Gasteiger partial charge is 0.354 e. The summed E-state index contributed by atoms with van der Waals surface area (Å²) in [7, 11) is 0. The first-order valence-corrected chi connectivity index (χ1v) is 6.83. The number of carbonyl (C=O) groups is 1. The van der Waals surface area contributed by atoms with Gasteiger partial charge < -0.3 is 5.32 Å². The third kappa shape index (κ3) is 4.09. The zero-order chi connectivity index (χ0) is 16.7. The summed E-state index contributed by atoms with van der Waals surface area (Å²) >= 11 is 0. The highest BCUT2D eigenvalue weighted by Gasteiger charge is 2.23. The van der Waals surface area contributed by atoms with Crippen molar-refractivity contribution in [2.45, 2.75) is 13.3 Å². The molecule has 2 rings (SSSR count). The highest BCUT2D eigenvalue weighted by atomic mass is 16.6. The quantitative estimate of drug-likeness (QED) is 0.514. The van der Waals surface area contributed by atoms with Gasteiger partial charge in [0.05, 0.1) is 4.92 Å². The molecular formula is C13H15N7O3. The lowest BCUT2D eigenvalue weighted by Gasteiger charge is -2.10. The van der Waals surface area contributed by atoms with Crippen LogP contribution in [0.25, 0.3) is 0 Å². The highest BCUT2D eigenvalue weighted by molar-refractivity contribution is 5.94. The van der Waals surface area contributed by atoms with Crippen molar-refractivity contribution >= 4 is 23.2 Å². The Morgan fingerprint density at radius 2 is 1.96 bits per heavy atom. The van der Waals surface area contributed by atoms with Crippen LogP contribution in [0.1, 0.15) is 23.7 Å². The van der Waals surface area contributed by atoms with Gasteiger partial charge >= 0.3 is 5.69 Å². The van der Waals surface area contributed by atoms with Gasteiger partial charge in [-0.2, -0.15) is 0 Å². The lowest BCUT2D eigenvalue weighted by molar-refractivity contribution is -0.383. The summed E-state index contributed by atoms with van der Waals surface area (Å²) in [6.45, 7) is 2.45. The Kier molecular flexibility index (Phi) is 5.34. The maximum Gasteiger partial charge on any atom is 0.354 e. The number of hydrazine groups is 1. The van der Waals surface area contributed by atoms with Gasteiger partial charge in [0.15, 0.2) is 0 Å². The minimum Gasteiger partial charge on any atom is -0.364 e. The maximum atomic E-state index is 11.9. The van der Waals surface area contributed by atoms with Gasteiger partial charge in [0.1, 0.15) is 6.33 Å². The molecule has 0 saturated heterocycles. The first kappa shape index (κ1) is 16.1. The van der Waals surface area contributed by atoms with E-state index in [0.29, 0.717) is 12.1 Å². The third-order valence-corrected chi connectivity index (χ3v) is 2.78. The second kappa shape index (κ2) is 7.64. The minimum absolute atomic E-state index is 0.0903. The SMILES string of the molecule is CCCNc1ncnc(NNC(=O)c2ccncc2)c1[N+](=O)[O-]. The van der Waals surface area contributed by atoms with Crippen LogP contribution in [0, 0.1) is 10.1 Å². The Bertz CT molecular complexity index is 693. The summed E-state index contributed by atoms with van der Waals surface area (Å²) in [4.78, 5) is 34.0. The number of carbonyl (C=O) groups excluding carboxylic acids is 1. The summed E-state index contributed by atoms with van der Waals surface area (Å²) in [6.07, 6.45) is 4.89. The van der Waals surface area contributed by atoms with E-state index in [1.165, 1.54) is 30.9 Å². The summed E-state index contributed by atoms with van der Waals surface area (Å²) in [5.41, 5.74) is 4.83. The fourth-order valence-electron chi connectivity index (χ4n) is 1.71. The molecule has 0 spiro atoms. The van der Waals surface area contributed by atoms with Gasteiger partial charge in [-0.05, 0) is 18.6 Å². The van der Waals surface area contributed by atoms with E-state index in [1.807, 2.05) is 6.92 Å². The Balaban J connectivity index is 2.16. The van der Waals surface area contributed by atoms with Crippen molar-refractivity contribution in [3.63, 3.8) is 0 Å². The largest absolute Gasteiger partial charge is 0.364 e. The van der Waals surface area contributed by atoms with Gasteiger partial charge in [-0.15, -0.1) is 0 Å². The molecule has 0 aliphatic heterocycles. The van der Waals surface area contributed by atoms with Crippen LogP contribution in [-0.2, 0) is 0 Å². The number of nitrogens with zero attached hydrogens (tertiary/aromatic N) is 4. The Labute approximate surface area is 131 Å². The van der Waals surface area contributed by atoms with Crippen molar-refractivity contribution in [2.75, 3.05) is 17.3 Å². The fraction of sp³-hybridized carbons (Fsp3) is 0.231. The van der Waals surface area contributed by atoms with Crippen molar-refractivity contribution in [1.82, 2.24) is 20.4 Å². The van der Waals surface area contributed by atoms with Crippen LogP contribution in [0.4, 0.5) is 17.3 Å². The molecule has 120 valence electrons. The van der Waals surface area contributed by atoms with Crippen molar-refractivity contribution in [1.29, 1.82) is 0 Å². The zero-order valence-corrected chi connectivity index (χ0v) is 12.3. The van der Waals surface area contributed by atoms with E-state index in [2.05, 4.69) is 31.1 Å². The summed E-state index contributed by atoms with van der Waals surface area (Å²) in [6, 6.07) is 3.03. The van der Waals surface area contributed by atoms with E-state index in [-0.39, 0.29) is 17.3 Å². The monoisotopic (exact) mass is 317 g/mol. The molecule has 0 radical (unpaired) electrons. The predicted octanol–water partition coefficient (Wildman–Crippen LogP) is 1.36. The van der Waals surface area contributed by atoms with Crippen molar-refractivity contribution in [3.8, 4) is 0 Å². The van der Waals surface area contributed by atoms with Gasteiger partial charge in [0.25, 0.3) is 5.91 Å². The van der Waals surface area contributed by atoms with Crippen LogP contribution in [0.15, 0.2) is 30.9 Å². The van der Waals surface area contributed by atoms with Crippen molar-refractivity contribution in [3.05, 3.63) is 46.5 Å². The molecule has 0 fully saturated rings. The van der Waals surface area contributed by atoms with E-state index in [1.54, 1.807) is 0 Å². The molecule has 0 aromatic carbocycles. The molecule has 0 aliphatic rings. The molecule has 1 amide bonds. The normalized spacial score (nSPS) is 9.96. The predicted molar refractivity (Wildman–Crippen MR) is 82.8 cm³/mol. The van der Waals surface area contributed by atoms with Crippen LogP contribution >= 0.6 is 0 Å². The number of pyridine rings is 1. The van der Waals surface area contributed by atoms with Crippen LogP contribution in [-0.4, -0.2) is 32.3 Å². The lowest BCUT2D eigenvalue weighted by atomic mass is 10.3. The third-order valence-electron chi connectivity index (χ3n) is 2.78. The minimum atomic E-state index is -0.612. The van der Waals surface area contributed by atoms with Gasteiger partial charge in [-0.1, -0.05) is 6.92 Å². The van der Waals surface area contributed by atoms with Gasteiger partial charge in [0.2, 0.25) is 11.6 Å². The first-order chi connectivity index (χ1) is 11.1. The van der Waals surface area contributed by atoms with Gasteiger partial charge in [0, 0.05) is 24.5 Å². The first-order valence-electron chi connectivity index (χ1n) is 6.83. The van der Waals surface area contributed by atoms with Crippen molar-refractivity contribution < 1.29 is 9.72 Å². The Hall–Kier alpha value is -3.30. The molecule has 10 heteroatoms. The van der Waals surface area contributed by atoms with Gasteiger partial charge in [-0.25, -0.2) is 9.97 Å². The van der Waals surface area contributed by atoms with Crippen LogP contribution in [0.2, 0.25) is 0 Å². The second-order valence-electron chi connectivity index (χ2n) is 4.42. The molecule has 3 N–H and O–H groups in total. The van der Waals surface area contributed by atoms with Crippen LogP contribution < -0.4 is 16.2 Å². The molecule has 2 aromatic rings. The van der Waals surface area contributed by atoms with E-state index < -0.39 is 10.8 Å².